The first kappa shape index (κ1) is 15.1. The van der Waals surface area contributed by atoms with Crippen molar-refractivity contribution in [3.63, 3.8) is 0 Å². The summed E-state index contributed by atoms with van der Waals surface area (Å²) in [5.41, 5.74) is 2.74. The SMILES string of the molecule is CC(C)c1ccc(C(O)c2c(Cl)cnn2C(C)C)cc1. The van der Waals surface area contributed by atoms with Gasteiger partial charge >= 0.3 is 0 Å². The van der Waals surface area contributed by atoms with Crippen LogP contribution in [0.3, 0.4) is 0 Å². The molecule has 1 atom stereocenters. The van der Waals surface area contributed by atoms with E-state index in [0.29, 0.717) is 16.6 Å². The summed E-state index contributed by atoms with van der Waals surface area (Å²) in [5, 5.41) is 15.3. The fraction of sp³-hybridized carbons (Fsp3) is 0.438. The van der Waals surface area contributed by atoms with E-state index >= 15 is 0 Å². The van der Waals surface area contributed by atoms with Gasteiger partial charge in [0.1, 0.15) is 6.10 Å². The molecular formula is C16H21ClN2O. The van der Waals surface area contributed by atoms with E-state index < -0.39 is 6.10 Å². The molecule has 0 bridgehead atoms. The predicted octanol–water partition coefficient (Wildman–Crippen LogP) is 4.32. The van der Waals surface area contributed by atoms with Gasteiger partial charge in [0.2, 0.25) is 0 Å². The summed E-state index contributed by atoms with van der Waals surface area (Å²) in [6, 6.07) is 8.16. The highest BCUT2D eigenvalue weighted by molar-refractivity contribution is 6.31. The van der Waals surface area contributed by atoms with Crippen LogP contribution in [0.5, 0.6) is 0 Å². The van der Waals surface area contributed by atoms with E-state index in [9.17, 15) is 5.11 Å². The van der Waals surface area contributed by atoms with Crippen LogP contribution in [0.2, 0.25) is 5.02 Å². The topological polar surface area (TPSA) is 38.1 Å². The van der Waals surface area contributed by atoms with E-state index in [1.165, 1.54) is 5.56 Å². The summed E-state index contributed by atoms with van der Waals surface area (Å²) in [4.78, 5) is 0. The van der Waals surface area contributed by atoms with Crippen molar-refractivity contribution in [2.24, 2.45) is 0 Å². The van der Waals surface area contributed by atoms with E-state index in [0.717, 1.165) is 5.56 Å². The predicted molar refractivity (Wildman–Crippen MR) is 82.2 cm³/mol. The first-order valence-corrected chi connectivity index (χ1v) is 7.30. The van der Waals surface area contributed by atoms with E-state index in [1.807, 2.05) is 38.1 Å². The summed E-state index contributed by atoms with van der Waals surface area (Å²) in [5.74, 6) is 0.478. The van der Waals surface area contributed by atoms with Gasteiger partial charge in [-0.2, -0.15) is 5.10 Å². The lowest BCUT2D eigenvalue weighted by Gasteiger charge is -2.17. The van der Waals surface area contributed by atoms with Crippen LogP contribution in [-0.2, 0) is 0 Å². The Morgan fingerprint density at radius 2 is 1.60 bits per heavy atom. The summed E-state index contributed by atoms with van der Waals surface area (Å²) in [6.45, 7) is 8.33. The Morgan fingerprint density at radius 3 is 2.10 bits per heavy atom. The number of hydrogen-bond acceptors (Lipinski definition) is 2. The number of benzene rings is 1. The number of aliphatic hydroxyl groups is 1. The van der Waals surface area contributed by atoms with Gasteiger partial charge in [-0.25, -0.2) is 0 Å². The second-order valence-electron chi connectivity index (χ2n) is 5.64. The lowest BCUT2D eigenvalue weighted by Crippen LogP contribution is -2.12. The molecule has 0 saturated carbocycles. The second-order valence-corrected chi connectivity index (χ2v) is 6.05. The van der Waals surface area contributed by atoms with Crippen molar-refractivity contribution >= 4 is 11.6 Å². The zero-order chi connectivity index (χ0) is 14.9. The smallest absolute Gasteiger partial charge is 0.122 e. The van der Waals surface area contributed by atoms with Gasteiger partial charge < -0.3 is 5.11 Å². The van der Waals surface area contributed by atoms with E-state index in [1.54, 1.807) is 10.9 Å². The molecular weight excluding hydrogens is 272 g/mol. The van der Waals surface area contributed by atoms with E-state index in [-0.39, 0.29) is 6.04 Å². The van der Waals surface area contributed by atoms with E-state index in [2.05, 4.69) is 18.9 Å². The number of nitrogens with zero attached hydrogens (tertiary/aromatic N) is 2. The van der Waals surface area contributed by atoms with Crippen molar-refractivity contribution in [2.45, 2.75) is 45.8 Å². The Balaban J connectivity index is 2.36. The molecule has 2 rings (SSSR count). The maximum atomic E-state index is 10.6. The largest absolute Gasteiger partial charge is 0.382 e. The highest BCUT2D eigenvalue weighted by atomic mass is 35.5. The minimum Gasteiger partial charge on any atom is -0.382 e. The Bertz CT molecular complexity index is 573. The number of halogens is 1. The highest BCUT2D eigenvalue weighted by Crippen LogP contribution is 2.30. The molecule has 20 heavy (non-hydrogen) atoms. The molecule has 1 aromatic heterocycles. The van der Waals surface area contributed by atoms with Crippen LogP contribution in [0, 0.1) is 0 Å². The van der Waals surface area contributed by atoms with Crippen molar-refractivity contribution in [3.8, 4) is 0 Å². The number of hydrogen-bond donors (Lipinski definition) is 1. The average Bonchev–Trinajstić information content (AvgIpc) is 2.80. The van der Waals surface area contributed by atoms with Crippen molar-refractivity contribution < 1.29 is 5.11 Å². The van der Waals surface area contributed by atoms with Crippen molar-refractivity contribution in [2.75, 3.05) is 0 Å². The monoisotopic (exact) mass is 292 g/mol. The molecule has 1 N–H and O–H groups in total. The Hall–Kier alpha value is -1.32. The first-order chi connectivity index (χ1) is 9.41. The van der Waals surface area contributed by atoms with Gasteiger partial charge in [-0.1, -0.05) is 49.7 Å². The second kappa shape index (κ2) is 5.98. The van der Waals surface area contributed by atoms with Crippen LogP contribution in [0.4, 0.5) is 0 Å². The third kappa shape index (κ3) is 2.89. The highest BCUT2D eigenvalue weighted by Gasteiger charge is 2.21. The molecule has 0 radical (unpaired) electrons. The zero-order valence-electron chi connectivity index (χ0n) is 12.3. The standard InChI is InChI=1S/C16H21ClN2O/c1-10(2)12-5-7-13(8-6-12)16(20)15-14(17)9-18-19(15)11(3)4/h5-11,16,20H,1-4H3. The van der Waals surface area contributed by atoms with Crippen LogP contribution in [0.25, 0.3) is 0 Å². The van der Waals surface area contributed by atoms with Crippen LogP contribution in [0.15, 0.2) is 30.5 Å². The Kier molecular flexibility index (Phi) is 4.51. The molecule has 0 saturated heterocycles. The van der Waals surface area contributed by atoms with Crippen LogP contribution in [-0.4, -0.2) is 14.9 Å². The Labute approximate surface area is 125 Å². The molecule has 1 aromatic carbocycles. The molecule has 0 fully saturated rings. The van der Waals surface area contributed by atoms with Crippen molar-refractivity contribution in [3.05, 3.63) is 52.3 Å². The fourth-order valence-corrected chi connectivity index (χ4v) is 2.47. The van der Waals surface area contributed by atoms with Crippen LogP contribution in [0.1, 0.15) is 62.6 Å². The molecule has 1 heterocycles. The molecule has 1 unspecified atom stereocenters. The van der Waals surface area contributed by atoms with Crippen molar-refractivity contribution in [1.29, 1.82) is 0 Å². The summed E-state index contributed by atoms with van der Waals surface area (Å²) in [6.07, 6.45) is 0.830. The van der Waals surface area contributed by atoms with Gasteiger partial charge in [0.25, 0.3) is 0 Å². The summed E-state index contributed by atoms with van der Waals surface area (Å²) in [7, 11) is 0. The lowest BCUT2D eigenvalue weighted by molar-refractivity contribution is 0.205. The van der Waals surface area contributed by atoms with Crippen LogP contribution >= 0.6 is 11.6 Å². The fourth-order valence-electron chi connectivity index (χ4n) is 2.24. The van der Waals surface area contributed by atoms with Gasteiger partial charge in [-0.3, -0.25) is 4.68 Å². The molecule has 3 nitrogen and oxygen atoms in total. The maximum absolute atomic E-state index is 10.6. The zero-order valence-corrected chi connectivity index (χ0v) is 13.1. The van der Waals surface area contributed by atoms with Gasteiger partial charge in [0.15, 0.2) is 0 Å². The maximum Gasteiger partial charge on any atom is 0.122 e. The molecule has 0 aliphatic carbocycles. The molecule has 108 valence electrons. The minimum atomic E-state index is -0.756. The molecule has 0 spiro atoms. The summed E-state index contributed by atoms with van der Waals surface area (Å²) >= 11 is 6.17. The van der Waals surface area contributed by atoms with Gasteiger partial charge in [0.05, 0.1) is 16.9 Å². The minimum absolute atomic E-state index is 0.155. The molecule has 0 aliphatic heterocycles. The van der Waals surface area contributed by atoms with E-state index in [4.69, 9.17) is 11.6 Å². The molecule has 0 aliphatic rings. The normalized spacial score (nSPS) is 13.2. The molecule has 2 aromatic rings. The van der Waals surface area contributed by atoms with Gasteiger partial charge in [0, 0.05) is 6.04 Å². The van der Waals surface area contributed by atoms with Crippen LogP contribution < -0.4 is 0 Å². The number of aliphatic hydroxyl groups excluding tert-OH is 1. The number of aromatic nitrogens is 2. The first-order valence-electron chi connectivity index (χ1n) is 6.92. The third-order valence-electron chi connectivity index (χ3n) is 3.45. The Morgan fingerprint density at radius 1 is 1.05 bits per heavy atom. The average molecular weight is 293 g/mol. The quantitative estimate of drug-likeness (QED) is 0.911. The lowest BCUT2D eigenvalue weighted by atomic mass is 9.99. The van der Waals surface area contributed by atoms with Crippen molar-refractivity contribution in [1.82, 2.24) is 9.78 Å². The molecule has 4 heteroatoms. The molecule has 0 amide bonds. The van der Waals surface area contributed by atoms with Gasteiger partial charge in [-0.15, -0.1) is 0 Å². The third-order valence-corrected chi connectivity index (χ3v) is 3.75. The van der Waals surface area contributed by atoms with Gasteiger partial charge in [-0.05, 0) is 30.9 Å². The number of rotatable bonds is 4. The summed E-state index contributed by atoms with van der Waals surface area (Å²) < 4.78 is 1.77.